The van der Waals surface area contributed by atoms with Crippen LogP contribution >= 0.6 is 0 Å². The van der Waals surface area contributed by atoms with E-state index in [1.54, 1.807) is 0 Å². The van der Waals surface area contributed by atoms with Crippen LogP contribution in [0, 0.1) is 12.3 Å². The lowest BCUT2D eigenvalue weighted by atomic mass is 10.0. The first-order valence-corrected chi connectivity index (χ1v) is 19.5. The van der Waals surface area contributed by atoms with Crippen LogP contribution in [0.2, 0.25) is 36.3 Å². The topological polar surface area (TPSA) is 115 Å². The molecule has 40 heavy (non-hydrogen) atoms. The largest absolute Gasteiger partial charge is 0.541 e. The van der Waals surface area contributed by atoms with Gasteiger partial charge in [-0.2, -0.15) is 0 Å². The van der Waals surface area contributed by atoms with E-state index in [2.05, 4.69) is 84.3 Å². The molecule has 2 amide bonds. The maximum absolute atomic E-state index is 12.9. The molecule has 0 spiro atoms. The first-order valence-electron chi connectivity index (χ1n) is 13.7. The monoisotopic (exact) mass is 594 g/mol. The molecule has 0 saturated carbocycles. The Morgan fingerprint density at radius 2 is 1.48 bits per heavy atom. The Hall–Kier alpha value is -2.53. The molecule has 1 rings (SSSR count). The Bertz CT molecular complexity index is 1020. The zero-order valence-electron chi connectivity index (χ0n) is 26.0. The van der Waals surface area contributed by atoms with Gasteiger partial charge in [-0.15, -0.1) is 6.42 Å². The quantitative estimate of drug-likeness (QED) is 0.141. The van der Waals surface area contributed by atoms with E-state index in [1.165, 1.54) is 0 Å². The summed E-state index contributed by atoms with van der Waals surface area (Å²) in [5.74, 6) is 3.23. The van der Waals surface area contributed by atoms with Gasteiger partial charge in [-0.05, 0) is 54.0 Å². The second kappa shape index (κ2) is 14.9. The highest BCUT2D eigenvalue weighted by Crippen LogP contribution is 2.43. The summed E-state index contributed by atoms with van der Waals surface area (Å²) in [7, 11) is -4.40. The van der Waals surface area contributed by atoms with Crippen LogP contribution in [0.25, 0.3) is 0 Å². The van der Waals surface area contributed by atoms with Crippen molar-refractivity contribution in [1.29, 1.82) is 0 Å². The van der Waals surface area contributed by atoms with Crippen molar-refractivity contribution in [3.05, 3.63) is 23.8 Å². The molecule has 0 heterocycles. The standard InChI is InChI=1S/C29H50N2O7Si2/c1-12-16-35-18-19-36-17-15-30-26(32)23(31-27(33)34)20-22-13-14-24(37-39(8,9)28(2,3)4)25(21-22)38-40(10,11)29(5,6)7/h1,13-14,21,23,31H,15-20H2,2-11H3,(H,30,32)(H,33,34). The van der Waals surface area contributed by atoms with Gasteiger partial charge in [-0.25, -0.2) is 4.79 Å². The first-order chi connectivity index (χ1) is 18.3. The van der Waals surface area contributed by atoms with Crippen molar-refractivity contribution in [2.75, 3.05) is 33.0 Å². The number of carbonyl (C=O) groups is 2. The number of carboxylic acid groups (broad SMARTS) is 1. The number of nitrogens with one attached hydrogen (secondary N) is 2. The Morgan fingerprint density at radius 3 is 2.00 bits per heavy atom. The number of rotatable bonds is 15. The molecule has 0 radical (unpaired) electrons. The van der Waals surface area contributed by atoms with E-state index in [-0.39, 0.29) is 36.3 Å². The lowest BCUT2D eigenvalue weighted by Crippen LogP contribution is -2.48. The van der Waals surface area contributed by atoms with Gasteiger partial charge < -0.3 is 34.1 Å². The molecule has 0 fully saturated rings. The van der Waals surface area contributed by atoms with Crippen LogP contribution in [0.4, 0.5) is 4.79 Å². The van der Waals surface area contributed by atoms with Gasteiger partial charge in [0.2, 0.25) is 5.91 Å². The third-order valence-electron chi connectivity index (χ3n) is 7.51. The number of amides is 2. The number of hydrogen-bond donors (Lipinski definition) is 3. The van der Waals surface area contributed by atoms with E-state index in [9.17, 15) is 14.7 Å². The third-order valence-corrected chi connectivity index (χ3v) is 16.2. The lowest BCUT2D eigenvalue weighted by Gasteiger charge is -2.39. The molecular formula is C29H50N2O7Si2. The van der Waals surface area contributed by atoms with E-state index >= 15 is 0 Å². The molecule has 226 valence electrons. The van der Waals surface area contributed by atoms with Crippen LogP contribution < -0.4 is 19.5 Å². The molecule has 1 unspecified atom stereocenters. The predicted octanol–water partition coefficient (Wildman–Crippen LogP) is 5.42. The van der Waals surface area contributed by atoms with E-state index in [4.69, 9.17) is 24.7 Å². The van der Waals surface area contributed by atoms with Gasteiger partial charge in [0.15, 0.2) is 0 Å². The van der Waals surface area contributed by atoms with E-state index in [0.29, 0.717) is 24.7 Å². The van der Waals surface area contributed by atoms with E-state index in [1.807, 2.05) is 18.2 Å². The highest BCUT2D eigenvalue weighted by atomic mass is 28.4. The Morgan fingerprint density at radius 1 is 0.925 bits per heavy atom. The van der Waals surface area contributed by atoms with Gasteiger partial charge in [0.05, 0.1) is 19.8 Å². The molecule has 0 bridgehead atoms. The highest BCUT2D eigenvalue weighted by Gasteiger charge is 2.42. The fourth-order valence-corrected chi connectivity index (χ4v) is 5.05. The van der Waals surface area contributed by atoms with Gasteiger partial charge >= 0.3 is 6.09 Å². The summed E-state index contributed by atoms with van der Waals surface area (Å²) in [6.07, 6.45) is 3.99. The molecule has 3 N–H and O–H groups in total. The number of carbonyl (C=O) groups excluding carboxylic acids is 1. The second-order valence-corrected chi connectivity index (χ2v) is 22.3. The average Bonchev–Trinajstić information content (AvgIpc) is 2.79. The number of hydrogen-bond acceptors (Lipinski definition) is 6. The predicted molar refractivity (Wildman–Crippen MR) is 164 cm³/mol. The minimum absolute atomic E-state index is 0.00702. The maximum Gasteiger partial charge on any atom is 0.405 e. The lowest BCUT2D eigenvalue weighted by molar-refractivity contribution is -0.123. The molecular weight excluding hydrogens is 544 g/mol. The number of terminal acetylenes is 1. The molecule has 0 aliphatic rings. The molecule has 1 atom stereocenters. The SMILES string of the molecule is C#CCOCCOCCNC(=O)C(Cc1ccc(O[Si](C)(C)C(C)(C)C)c(O[Si](C)(C)C(C)(C)C)c1)NC(=O)O. The normalized spacial score (nSPS) is 13.2. The highest BCUT2D eigenvalue weighted by molar-refractivity contribution is 6.75. The summed E-state index contributed by atoms with van der Waals surface area (Å²) in [5.41, 5.74) is 0.757. The van der Waals surface area contributed by atoms with E-state index in [0.717, 1.165) is 5.56 Å². The van der Waals surface area contributed by atoms with Gasteiger partial charge in [0.1, 0.15) is 24.1 Å². The smallest absolute Gasteiger partial charge is 0.405 e. The minimum Gasteiger partial charge on any atom is -0.541 e. The van der Waals surface area contributed by atoms with Crippen molar-refractivity contribution >= 4 is 28.6 Å². The summed E-state index contributed by atoms with van der Waals surface area (Å²) in [6, 6.07) is 4.63. The number of ether oxygens (including phenoxy) is 2. The zero-order chi connectivity index (χ0) is 30.8. The van der Waals surface area contributed by atoms with Gasteiger partial charge in [-0.3, -0.25) is 4.79 Å². The molecule has 0 aromatic heterocycles. The minimum atomic E-state index is -2.23. The van der Waals surface area contributed by atoms with Gasteiger partial charge in [-0.1, -0.05) is 53.5 Å². The van der Waals surface area contributed by atoms with Crippen LogP contribution in [0.5, 0.6) is 11.5 Å². The van der Waals surface area contributed by atoms with Gasteiger partial charge in [0.25, 0.3) is 16.6 Å². The van der Waals surface area contributed by atoms with Crippen molar-refractivity contribution < 1.29 is 33.0 Å². The first kappa shape index (κ1) is 35.5. The zero-order valence-corrected chi connectivity index (χ0v) is 28.0. The summed E-state index contributed by atoms with van der Waals surface area (Å²) in [4.78, 5) is 24.4. The second-order valence-electron chi connectivity index (χ2n) is 12.9. The van der Waals surface area contributed by atoms with Crippen LogP contribution in [-0.4, -0.2) is 72.8 Å². The van der Waals surface area contributed by atoms with Crippen LogP contribution in [0.1, 0.15) is 47.1 Å². The molecule has 0 aliphatic carbocycles. The molecule has 11 heteroatoms. The van der Waals surface area contributed by atoms with Crippen molar-refractivity contribution in [1.82, 2.24) is 10.6 Å². The molecule has 0 saturated heterocycles. The number of benzene rings is 1. The third kappa shape index (κ3) is 11.5. The fourth-order valence-electron chi connectivity index (χ4n) is 3.01. The summed E-state index contributed by atoms with van der Waals surface area (Å²) < 4.78 is 23.9. The molecule has 1 aromatic rings. The fraction of sp³-hybridized carbons (Fsp3) is 0.655. The van der Waals surface area contributed by atoms with E-state index < -0.39 is 34.7 Å². The summed E-state index contributed by atoms with van der Waals surface area (Å²) in [5, 5.41) is 14.4. The summed E-state index contributed by atoms with van der Waals surface area (Å²) >= 11 is 0. The molecule has 1 aromatic carbocycles. The van der Waals surface area contributed by atoms with Gasteiger partial charge in [0, 0.05) is 13.0 Å². The average molecular weight is 595 g/mol. The Kier molecular flexibility index (Phi) is 13.2. The Balaban J connectivity index is 3.13. The maximum atomic E-state index is 12.9. The summed E-state index contributed by atoms with van der Waals surface area (Å²) in [6.45, 7) is 23.2. The van der Waals surface area contributed by atoms with Crippen molar-refractivity contribution in [3.8, 4) is 23.8 Å². The van der Waals surface area contributed by atoms with Crippen molar-refractivity contribution in [3.63, 3.8) is 0 Å². The van der Waals surface area contributed by atoms with Crippen LogP contribution in [-0.2, 0) is 20.7 Å². The Labute approximate surface area is 243 Å². The van der Waals surface area contributed by atoms with Crippen LogP contribution in [0.3, 0.4) is 0 Å². The molecule has 9 nitrogen and oxygen atoms in total. The molecule has 0 aliphatic heterocycles. The van der Waals surface area contributed by atoms with Crippen LogP contribution in [0.15, 0.2) is 18.2 Å². The van der Waals surface area contributed by atoms with Crippen molar-refractivity contribution in [2.45, 2.75) is 90.3 Å². The van der Waals surface area contributed by atoms with Crippen molar-refractivity contribution in [2.24, 2.45) is 0 Å².